The van der Waals surface area contributed by atoms with E-state index in [1.54, 1.807) is 19.1 Å². The number of carboxylic acids is 1. The number of para-hydroxylation sites is 1. The van der Waals surface area contributed by atoms with Crippen molar-refractivity contribution >= 4 is 17.3 Å². The molecule has 0 saturated carbocycles. The van der Waals surface area contributed by atoms with Gasteiger partial charge in [0.1, 0.15) is 11.4 Å². The van der Waals surface area contributed by atoms with Gasteiger partial charge in [0, 0.05) is 13.0 Å². The average Bonchev–Trinajstić information content (AvgIpc) is 3.01. The molecule has 0 unspecified atom stereocenters. The highest BCUT2D eigenvalue weighted by Gasteiger charge is 2.12. The SMILES string of the molecule is Cc1ccc(C)c(CCc2cccc(N=Nc3c(C)[nH]n(CCCC(=O)O)c3=O)c2O)c1. The number of rotatable bonds is 9. The number of aromatic hydroxyl groups is 1. The number of phenols is 1. The van der Waals surface area contributed by atoms with Crippen molar-refractivity contribution in [1.82, 2.24) is 9.78 Å². The van der Waals surface area contributed by atoms with E-state index in [-0.39, 0.29) is 30.0 Å². The predicted octanol–water partition coefficient (Wildman–Crippen LogP) is 4.87. The van der Waals surface area contributed by atoms with E-state index in [0.717, 1.165) is 12.0 Å². The summed E-state index contributed by atoms with van der Waals surface area (Å²) in [4.78, 5) is 23.2. The maximum absolute atomic E-state index is 12.5. The van der Waals surface area contributed by atoms with Crippen LogP contribution in [0.1, 0.15) is 40.8 Å². The Kier molecular flexibility index (Phi) is 7.25. The van der Waals surface area contributed by atoms with E-state index in [2.05, 4.69) is 47.4 Å². The van der Waals surface area contributed by atoms with Crippen LogP contribution in [0.15, 0.2) is 51.4 Å². The number of nitrogens with zero attached hydrogens (tertiary/aromatic N) is 3. The normalized spacial score (nSPS) is 11.3. The summed E-state index contributed by atoms with van der Waals surface area (Å²) in [6, 6.07) is 11.7. The monoisotopic (exact) mass is 436 g/mol. The number of benzene rings is 2. The number of hydrogen-bond donors (Lipinski definition) is 3. The van der Waals surface area contributed by atoms with E-state index < -0.39 is 5.97 Å². The van der Waals surface area contributed by atoms with Crippen molar-refractivity contribution in [2.45, 2.75) is 53.0 Å². The minimum Gasteiger partial charge on any atom is -0.505 e. The van der Waals surface area contributed by atoms with Crippen molar-refractivity contribution in [3.05, 3.63) is 74.7 Å². The maximum atomic E-state index is 12.5. The molecule has 0 atom stereocenters. The lowest BCUT2D eigenvalue weighted by Crippen LogP contribution is -2.17. The lowest BCUT2D eigenvalue weighted by atomic mass is 9.98. The van der Waals surface area contributed by atoms with E-state index in [4.69, 9.17) is 5.11 Å². The standard InChI is InChI=1S/C24H28N4O4/c1-15-9-10-16(2)19(14-15)12-11-18-6-4-7-20(23(18)31)25-26-22-17(3)27-28(24(22)32)13-5-8-21(29)30/h4,6-7,9-10,14,27,31H,5,8,11-13H2,1-3H3,(H,29,30). The number of azo groups is 1. The average molecular weight is 437 g/mol. The molecule has 0 saturated heterocycles. The van der Waals surface area contributed by atoms with Gasteiger partial charge in [-0.15, -0.1) is 10.2 Å². The number of hydrogen-bond acceptors (Lipinski definition) is 5. The topological polar surface area (TPSA) is 120 Å². The van der Waals surface area contributed by atoms with Crippen molar-refractivity contribution in [2.24, 2.45) is 10.2 Å². The van der Waals surface area contributed by atoms with Gasteiger partial charge in [-0.1, -0.05) is 35.9 Å². The number of aryl methyl sites for hydroxylation is 6. The van der Waals surface area contributed by atoms with E-state index in [1.165, 1.54) is 21.4 Å². The smallest absolute Gasteiger partial charge is 0.303 e. The summed E-state index contributed by atoms with van der Waals surface area (Å²) in [7, 11) is 0. The molecule has 0 spiro atoms. The fraction of sp³-hybridized carbons (Fsp3) is 0.333. The van der Waals surface area contributed by atoms with Gasteiger partial charge in [0.05, 0.1) is 5.69 Å². The van der Waals surface area contributed by atoms with Crippen LogP contribution < -0.4 is 5.56 Å². The molecule has 1 aromatic heterocycles. The summed E-state index contributed by atoms with van der Waals surface area (Å²) in [5.74, 6) is -0.856. The largest absolute Gasteiger partial charge is 0.505 e. The van der Waals surface area contributed by atoms with Gasteiger partial charge >= 0.3 is 5.97 Å². The Bertz CT molecular complexity index is 1210. The number of carbonyl (C=O) groups is 1. The van der Waals surface area contributed by atoms with Crippen LogP contribution in [0.2, 0.25) is 0 Å². The molecule has 32 heavy (non-hydrogen) atoms. The molecule has 3 rings (SSSR count). The first-order valence-corrected chi connectivity index (χ1v) is 10.6. The van der Waals surface area contributed by atoms with Gasteiger partial charge in [-0.05, 0) is 62.8 Å². The first-order chi connectivity index (χ1) is 15.3. The zero-order valence-corrected chi connectivity index (χ0v) is 18.6. The molecule has 8 heteroatoms. The molecule has 2 aromatic carbocycles. The Morgan fingerprint density at radius 2 is 1.81 bits per heavy atom. The first kappa shape index (κ1) is 23.0. The minimum absolute atomic E-state index is 0.0237. The Hall–Kier alpha value is -3.68. The number of aromatic nitrogens is 2. The molecular formula is C24H28N4O4. The van der Waals surface area contributed by atoms with Crippen LogP contribution in [0.5, 0.6) is 5.75 Å². The lowest BCUT2D eigenvalue weighted by Gasteiger charge is -2.09. The third kappa shape index (κ3) is 5.51. The van der Waals surface area contributed by atoms with Crippen LogP contribution in [0, 0.1) is 20.8 Å². The molecule has 0 fully saturated rings. The second-order valence-corrected chi connectivity index (χ2v) is 7.95. The quantitative estimate of drug-likeness (QED) is 0.414. The molecule has 0 aliphatic heterocycles. The van der Waals surface area contributed by atoms with Gasteiger partial charge < -0.3 is 10.2 Å². The second-order valence-electron chi connectivity index (χ2n) is 7.95. The summed E-state index contributed by atoms with van der Waals surface area (Å²) >= 11 is 0. The fourth-order valence-electron chi connectivity index (χ4n) is 3.56. The van der Waals surface area contributed by atoms with Crippen LogP contribution in [-0.4, -0.2) is 26.0 Å². The third-order valence-corrected chi connectivity index (χ3v) is 5.40. The zero-order chi connectivity index (χ0) is 23.3. The van der Waals surface area contributed by atoms with Crippen molar-refractivity contribution in [1.29, 1.82) is 0 Å². The molecule has 8 nitrogen and oxygen atoms in total. The summed E-state index contributed by atoms with van der Waals surface area (Å²) < 4.78 is 1.33. The number of phenolic OH excluding ortho intramolecular Hbond substituents is 1. The van der Waals surface area contributed by atoms with E-state index in [9.17, 15) is 14.7 Å². The van der Waals surface area contributed by atoms with Gasteiger partial charge in [-0.2, -0.15) is 0 Å². The second kappa shape index (κ2) is 10.1. The van der Waals surface area contributed by atoms with Gasteiger partial charge in [-0.3, -0.25) is 19.4 Å². The summed E-state index contributed by atoms with van der Waals surface area (Å²) in [5.41, 5.74) is 5.01. The van der Waals surface area contributed by atoms with Crippen LogP contribution in [-0.2, 0) is 24.2 Å². The Morgan fingerprint density at radius 3 is 2.56 bits per heavy atom. The summed E-state index contributed by atoms with van der Waals surface area (Å²) in [6.45, 7) is 6.09. The van der Waals surface area contributed by atoms with Crippen LogP contribution in [0.3, 0.4) is 0 Å². The molecule has 3 N–H and O–H groups in total. The molecule has 0 bridgehead atoms. The number of nitrogens with one attached hydrogen (secondary N) is 1. The summed E-state index contributed by atoms with van der Waals surface area (Å²) in [5, 5.41) is 30.5. The predicted molar refractivity (Wildman–Crippen MR) is 122 cm³/mol. The van der Waals surface area contributed by atoms with Crippen LogP contribution >= 0.6 is 0 Å². The molecule has 0 amide bonds. The van der Waals surface area contributed by atoms with Gasteiger partial charge in [0.2, 0.25) is 0 Å². The Balaban J connectivity index is 1.76. The van der Waals surface area contributed by atoms with E-state index in [1.807, 2.05) is 6.07 Å². The molecule has 3 aromatic rings. The molecule has 168 valence electrons. The highest BCUT2D eigenvalue weighted by Crippen LogP contribution is 2.32. The first-order valence-electron chi connectivity index (χ1n) is 10.6. The van der Waals surface area contributed by atoms with Crippen molar-refractivity contribution in [3.63, 3.8) is 0 Å². The van der Waals surface area contributed by atoms with E-state index >= 15 is 0 Å². The van der Waals surface area contributed by atoms with Crippen LogP contribution in [0.4, 0.5) is 11.4 Å². The number of H-pyrrole nitrogens is 1. The highest BCUT2D eigenvalue weighted by molar-refractivity contribution is 5.66. The van der Waals surface area contributed by atoms with Gasteiger partial charge in [0.25, 0.3) is 5.56 Å². The Labute approximate surface area is 186 Å². The van der Waals surface area contributed by atoms with Crippen molar-refractivity contribution in [3.8, 4) is 5.75 Å². The molecular weight excluding hydrogens is 408 g/mol. The fourth-order valence-corrected chi connectivity index (χ4v) is 3.56. The number of aromatic amines is 1. The molecule has 0 radical (unpaired) electrons. The minimum atomic E-state index is -0.908. The number of carboxylic acid groups (broad SMARTS) is 1. The van der Waals surface area contributed by atoms with Gasteiger partial charge in [0.15, 0.2) is 5.69 Å². The highest BCUT2D eigenvalue weighted by atomic mass is 16.4. The van der Waals surface area contributed by atoms with E-state index in [0.29, 0.717) is 24.2 Å². The Morgan fingerprint density at radius 1 is 1.06 bits per heavy atom. The van der Waals surface area contributed by atoms with Gasteiger partial charge in [-0.25, -0.2) is 0 Å². The van der Waals surface area contributed by atoms with Crippen molar-refractivity contribution < 1.29 is 15.0 Å². The lowest BCUT2D eigenvalue weighted by molar-refractivity contribution is -0.137. The third-order valence-electron chi connectivity index (χ3n) is 5.40. The molecule has 0 aliphatic carbocycles. The maximum Gasteiger partial charge on any atom is 0.303 e. The van der Waals surface area contributed by atoms with Crippen molar-refractivity contribution in [2.75, 3.05) is 0 Å². The molecule has 1 heterocycles. The summed E-state index contributed by atoms with van der Waals surface area (Å²) in [6.07, 6.45) is 1.75. The van der Waals surface area contributed by atoms with Crippen LogP contribution in [0.25, 0.3) is 0 Å². The zero-order valence-electron chi connectivity index (χ0n) is 18.6. The molecule has 0 aliphatic rings. The number of aliphatic carboxylic acids is 1.